The van der Waals surface area contributed by atoms with E-state index in [9.17, 15) is 9.59 Å². The second-order valence-corrected chi connectivity index (χ2v) is 5.80. The molecule has 0 saturated heterocycles. The average Bonchev–Trinajstić information content (AvgIpc) is 3.08. The lowest BCUT2D eigenvalue weighted by Gasteiger charge is -2.03. The van der Waals surface area contributed by atoms with Crippen LogP contribution in [0.3, 0.4) is 0 Å². The maximum absolute atomic E-state index is 12.0. The number of nitrogens with zero attached hydrogens (tertiary/aromatic N) is 3. The SMILES string of the molecule is O=C(CCc1ccc(C(=O)O)cc1)Nc1ncn(Cc2ccccc2)n1. The van der Waals surface area contributed by atoms with Gasteiger partial charge in [0, 0.05) is 6.42 Å². The Morgan fingerprint density at radius 2 is 1.73 bits per heavy atom. The van der Waals surface area contributed by atoms with E-state index in [2.05, 4.69) is 15.4 Å². The first kappa shape index (κ1) is 17.3. The minimum atomic E-state index is -0.966. The highest BCUT2D eigenvalue weighted by atomic mass is 16.4. The van der Waals surface area contributed by atoms with Crippen LogP contribution < -0.4 is 5.32 Å². The summed E-state index contributed by atoms with van der Waals surface area (Å²) in [5, 5.41) is 15.8. The fraction of sp³-hybridized carbons (Fsp3) is 0.158. The third-order valence-corrected chi connectivity index (χ3v) is 3.82. The number of anilines is 1. The van der Waals surface area contributed by atoms with Crippen LogP contribution >= 0.6 is 0 Å². The van der Waals surface area contributed by atoms with Crippen molar-refractivity contribution < 1.29 is 14.7 Å². The van der Waals surface area contributed by atoms with Gasteiger partial charge in [-0.3, -0.25) is 10.1 Å². The molecule has 7 heteroatoms. The molecule has 3 rings (SSSR count). The number of aromatic nitrogens is 3. The highest BCUT2D eigenvalue weighted by Crippen LogP contribution is 2.08. The number of rotatable bonds is 7. The molecule has 2 aromatic carbocycles. The van der Waals surface area contributed by atoms with E-state index in [1.54, 1.807) is 23.1 Å². The number of aryl methyl sites for hydroxylation is 1. The first-order valence-electron chi connectivity index (χ1n) is 8.15. The smallest absolute Gasteiger partial charge is 0.335 e. The van der Waals surface area contributed by atoms with Crippen LogP contribution in [0.25, 0.3) is 0 Å². The Morgan fingerprint density at radius 3 is 2.42 bits per heavy atom. The average molecular weight is 350 g/mol. The molecular formula is C19H18N4O3. The number of carboxylic acid groups (broad SMARTS) is 1. The molecule has 1 heterocycles. The number of aromatic carboxylic acids is 1. The molecule has 7 nitrogen and oxygen atoms in total. The molecule has 0 fully saturated rings. The highest BCUT2D eigenvalue weighted by molar-refractivity contribution is 5.89. The van der Waals surface area contributed by atoms with E-state index in [1.165, 1.54) is 12.1 Å². The molecule has 0 aliphatic carbocycles. The Balaban J connectivity index is 1.50. The Labute approximate surface area is 150 Å². The lowest BCUT2D eigenvalue weighted by atomic mass is 10.1. The molecule has 0 unspecified atom stereocenters. The van der Waals surface area contributed by atoms with Gasteiger partial charge in [-0.1, -0.05) is 42.5 Å². The summed E-state index contributed by atoms with van der Waals surface area (Å²) in [4.78, 5) is 26.9. The fourth-order valence-corrected chi connectivity index (χ4v) is 2.46. The number of carbonyl (C=O) groups excluding carboxylic acids is 1. The summed E-state index contributed by atoms with van der Waals surface area (Å²) >= 11 is 0. The van der Waals surface area contributed by atoms with Gasteiger partial charge in [-0.25, -0.2) is 14.5 Å². The lowest BCUT2D eigenvalue weighted by molar-refractivity contribution is -0.116. The van der Waals surface area contributed by atoms with Crippen molar-refractivity contribution in [2.24, 2.45) is 0 Å². The zero-order chi connectivity index (χ0) is 18.4. The van der Waals surface area contributed by atoms with Gasteiger partial charge in [0.2, 0.25) is 11.9 Å². The molecule has 0 saturated carbocycles. The molecule has 26 heavy (non-hydrogen) atoms. The van der Waals surface area contributed by atoms with Crippen molar-refractivity contribution >= 4 is 17.8 Å². The van der Waals surface area contributed by atoms with Gasteiger partial charge in [0.25, 0.3) is 0 Å². The van der Waals surface area contributed by atoms with E-state index >= 15 is 0 Å². The summed E-state index contributed by atoms with van der Waals surface area (Å²) in [5.74, 6) is -0.886. The van der Waals surface area contributed by atoms with Crippen LogP contribution in [0.2, 0.25) is 0 Å². The summed E-state index contributed by atoms with van der Waals surface area (Å²) in [6.45, 7) is 0.583. The van der Waals surface area contributed by atoms with Crippen LogP contribution in [0.5, 0.6) is 0 Å². The largest absolute Gasteiger partial charge is 0.478 e. The van der Waals surface area contributed by atoms with Gasteiger partial charge >= 0.3 is 5.97 Å². The summed E-state index contributed by atoms with van der Waals surface area (Å²) < 4.78 is 1.66. The quantitative estimate of drug-likeness (QED) is 0.683. The number of amides is 1. The van der Waals surface area contributed by atoms with Crippen molar-refractivity contribution in [3.05, 3.63) is 77.6 Å². The molecule has 0 atom stereocenters. The standard InChI is InChI=1S/C19H18N4O3/c24-17(11-8-14-6-9-16(10-7-14)18(25)26)21-19-20-13-23(22-19)12-15-4-2-1-3-5-15/h1-7,9-10,13H,8,11-12H2,(H,25,26)(H,21,22,24). The molecule has 0 aliphatic heterocycles. The second-order valence-electron chi connectivity index (χ2n) is 5.80. The van der Waals surface area contributed by atoms with Gasteiger partial charge in [0.05, 0.1) is 12.1 Å². The molecular weight excluding hydrogens is 332 g/mol. The summed E-state index contributed by atoms with van der Waals surface area (Å²) in [7, 11) is 0. The lowest BCUT2D eigenvalue weighted by Crippen LogP contribution is -2.14. The Kier molecular flexibility index (Phi) is 5.38. The minimum Gasteiger partial charge on any atom is -0.478 e. The Bertz CT molecular complexity index is 889. The van der Waals surface area contributed by atoms with Crippen molar-refractivity contribution in [3.63, 3.8) is 0 Å². The van der Waals surface area contributed by atoms with Crippen LogP contribution in [-0.2, 0) is 17.8 Å². The van der Waals surface area contributed by atoms with Gasteiger partial charge in [-0.05, 0) is 29.7 Å². The second kappa shape index (κ2) is 8.06. The van der Waals surface area contributed by atoms with E-state index in [0.717, 1.165) is 11.1 Å². The summed E-state index contributed by atoms with van der Waals surface area (Å²) in [6, 6.07) is 16.3. The minimum absolute atomic E-state index is 0.190. The van der Waals surface area contributed by atoms with Crippen molar-refractivity contribution in [1.82, 2.24) is 14.8 Å². The van der Waals surface area contributed by atoms with Gasteiger partial charge < -0.3 is 5.11 Å². The van der Waals surface area contributed by atoms with Gasteiger partial charge in [-0.15, -0.1) is 5.10 Å². The predicted octanol–water partition coefficient (Wildman–Crippen LogP) is 2.60. The van der Waals surface area contributed by atoms with E-state index in [1.807, 2.05) is 30.3 Å². The van der Waals surface area contributed by atoms with Crippen LogP contribution in [0.4, 0.5) is 5.95 Å². The molecule has 3 aromatic rings. The predicted molar refractivity (Wildman–Crippen MR) is 95.9 cm³/mol. The van der Waals surface area contributed by atoms with Crippen molar-refractivity contribution in [3.8, 4) is 0 Å². The molecule has 0 spiro atoms. The fourth-order valence-electron chi connectivity index (χ4n) is 2.46. The number of benzene rings is 2. The van der Waals surface area contributed by atoms with Crippen LogP contribution in [0.1, 0.15) is 27.9 Å². The molecule has 1 aromatic heterocycles. The Hall–Kier alpha value is -3.48. The number of carbonyl (C=O) groups is 2. The van der Waals surface area contributed by atoms with E-state index in [4.69, 9.17) is 5.11 Å². The number of hydrogen-bond acceptors (Lipinski definition) is 4. The highest BCUT2D eigenvalue weighted by Gasteiger charge is 2.08. The van der Waals surface area contributed by atoms with Gasteiger partial charge in [0.15, 0.2) is 0 Å². The zero-order valence-electron chi connectivity index (χ0n) is 14.0. The monoisotopic (exact) mass is 350 g/mol. The number of nitrogens with one attached hydrogen (secondary N) is 1. The van der Waals surface area contributed by atoms with Crippen LogP contribution in [0.15, 0.2) is 60.9 Å². The molecule has 0 bridgehead atoms. The zero-order valence-corrected chi connectivity index (χ0v) is 14.0. The molecule has 0 radical (unpaired) electrons. The third-order valence-electron chi connectivity index (χ3n) is 3.82. The Morgan fingerprint density at radius 1 is 1.00 bits per heavy atom. The summed E-state index contributed by atoms with van der Waals surface area (Å²) in [6.07, 6.45) is 2.35. The van der Waals surface area contributed by atoms with Crippen molar-refractivity contribution in [2.75, 3.05) is 5.32 Å². The van der Waals surface area contributed by atoms with Crippen molar-refractivity contribution in [2.45, 2.75) is 19.4 Å². The van der Waals surface area contributed by atoms with Crippen LogP contribution in [-0.4, -0.2) is 31.7 Å². The normalized spacial score (nSPS) is 10.5. The number of hydrogen-bond donors (Lipinski definition) is 2. The molecule has 1 amide bonds. The van der Waals surface area contributed by atoms with E-state index in [0.29, 0.717) is 13.0 Å². The maximum atomic E-state index is 12.0. The topological polar surface area (TPSA) is 97.1 Å². The van der Waals surface area contributed by atoms with Gasteiger partial charge in [-0.2, -0.15) is 0 Å². The van der Waals surface area contributed by atoms with Crippen LogP contribution in [0, 0.1) is 0 Å². The number of carboxylic acids is 1. The molecule has 2 N–H and O–H groups in total. The first-order chi connectivity index (χ1) is 12.6. The first-order valence-corrected chi connectivity index (χ1v) is 8.15. The van der Waals surface area contributed by atoms with Crippen molar-refractivity contribution in [1.29, 1.82) is 0 Å². The molecule has 132 valence electrons. The maximum Gasteiger partial charge on any atom is 0.335 e. The van der Waals surface area contributed by atoms with E-state index < -0.39 is 5.97 Å². The van der Waals surface area contributed by atoms with Gasteiger partial charge in [0.1, 0.15) is 6.33 Å². The molecule has 0 aliphatic rings. The van der Waals surface area contributed by atoms with E-state index in [-0.39, 0.29) is 23.8 Å². The summed E-state index contributed by atoms with van der Waals surface area (Å²) in [5.41, 5.74) is 2.22. The third kappa shape index (κ3) is 4.76.